The van der Waals surface area contributed by atoms with E-state index in [2.05, 4.69) is 10.3 Å². The van der Waals surface area contributed by atoms with Crippen molar-refractivity contribution in [3.8, 4) is 17.0 Å². The molecule has 8 heteroatoms. The first-order chi connectivity index (χ1) is 14.1. The molecular weight excluding hydrogens is 388 g/mol. The number of thiazole rings is 1. The van der Waals surface area contributed by atoms with Crippen molar-refractivity contribution in [2.45, 2.75) is 25.7 Å². The number of methoxy groups -OCH3 is 1. The minimum Gasteiger partial charge on any atom is -0.497 e. The molecule has 4 rings (SSSR count). The molecule has 7 nitrogen and oxygen atoms in total. The highest BCUT2D eigenvalue weighted by molar-refractivity contribution is 7.15. The van der Waals surface area contributed by atoms with E-state index < -0.39 is 0 Å². The maximum absolute atomic E-state index is 12.3. The van der Waals surface area contributed by atoms with Crippen LogP contribution in [0.5, 0.6) is 5.75 Å². The smallest absolute Gasteiger partial charge is 0.225 e. The topological polar surface area (TPSA) is 75.9 Å². The average molecular weight is 413 g/mol. The van der Waals surface area contributed by atoms with Gasteiger partial charge in [-0.2, -0.15) is 0 Å². The van der Waals surface area contributed by atoms with Gasteiger partial charge in [0, 0.05) is 48.9 Å². The van der Waals surface area contributed by atoms with E-state index in [4.69, 9.17) is 4.74 Å². The summed E-state index contributed by atoms with van der Waals surface area (Å²) >= 11 is 1.53. The van der Waals surface area contributed by atoms with Crippen molar-refractivity contribution >= 4 is 28.1 Å². The zero-order valence-electron chi connectivity index (χ0n) is 16.4. The van der Waals surface area contributed by atoms with Gasteiger partial charge in [-0.05, 0) is 37.1 Å². The fourth-order valence-corrected chi connectivity index (χ4v) is 4.40. The number of ether oxygens (including phenoxy) is 1. The third-order valence-corrected chi connectivity index (χ3v) is 6.00. The van der Waals surface area contributed by atoms with Gasteiger partial charge in [0.15, 0.2) is 4.96 Å². The first kappa shape index (κ1) is 19.4. The van der Waals surface area contributed by atoms with E-state index in [1.165, 1.54) is 11.3 Å². The lowest BCUT2D eigenvalue weighted by atomic mass is 10.2. The molecule has 2 amide bonds. The number of nitrogens with zero attached hydrogens (tertiary/aromatic N) is 3. The van der Waals surface area contributed by atoms with Gasteiger partial charge >= 0.3 is 0 Å². The van der Waals surface area contributed by atoms with Crippen LogP contribution in [0.15, 0.2) is 35.8 Å². The van der Waals surface area contributed by atoms with Gasteiger partial charge in [0.25, 0.3) is 0 Å². The second kappa shape index (κ2) is 8.65. The number of fused-ring (bicyclic) bond motifs is 1. The van der Waals surface area contributed by atoms with Crippen LogP contribution in [-0.2, 0) is 16.0 Å². The number of likely N-dealkylation sites (tertiary alicyclic amines) is 1. The molecule has 0 aliphatic carbocycles. The highest BCUT2D eigenvalue weighted by Gasteiger charge is 2.19. The maximum atomic E-state index is 12.3. The normalized spacial score (nSPS) is 14.0. The number of benzene rings is 1. The zero-order chi connectivity index (χ0) is 20.2. The van der Waals surface area contributed by atoms with Gasteiger partial charge in [-0.1, -0.05) is 0 Å². The summed E-state index contributed by atoms with van der Waals surface area (Å²) in [5.41, 5.74) is 2.80. The molecule has 0 atom stereocenters. The summed E-state index contributed by atoms with van der Waals surface area (Å²) in [5, 5.41) is 4.93. The maximum Gasteiger partial charge on any atom is 0.225 e. The predicted molar refractivity (Wildman–Crippen MR) is 112 cm³/mol. The third kappa shape index (κ3) is 4.42. The Hall–Kier alpha value is -2.87. The zero-order valence-corrected chi connectivity index (χ0v) is 17.2. The first-order valence-corrected chi connectivity index (χ1v) is 10.7. The summed E-state index contributed by atoms with van der Waals surface area (Å²) in [4.78, 5) is 31.3. The van der Waals surface area contributed by atoms with Crippen LogP contribution in [-0.4, -0.2) is 52.8 Å². The van der Waals surface area contributed by atoms with Gasteiger partial charge in [0.05, 0.1) is 19.2 Å². The van der Waals surface area contributed by atoms with Gasteiger partial charge in [-0.15, -0.1) is 11.3 Å². The van der Waals surface area contributed by atoms with Crippen LogP contribution in [0, 0.1) is 0 Å². The summed E-state index contributed by atoms with van der Waals surface area (Å²) in [6.45, 7) is 2.14. The Bertz CT molecular complexity index is 1010. The third-order valence-electron chi connectivity index (χ3n) is 5.11. The number of imidazole rings is 1. The highest BCUT2D eigenvalue weighted by atomic mass is 32.1. The van der Waals surface area contributed by atoms with Gasteiger partial charge in [-0.25, -0.2) is 4.98 Å². The molecule has 1 aliphatic heterocycles. The summed E-state index contributed by atoms with van der Waals surface area (Å²) in [7, 11) is 1.64. The molecule has 0 unspecified atom stereocenters. The van der Waals surface area contributed by atoms with Gasteiger partial charge < -0.3 is 15.0 Å². The van der Waals surface area contributed by atoms with Crippen molar-refractivity contribution in [3.63, 3.8) is 0 Å². The fourth-order valence-electron chi connectivity index (χ4n) is 3.52. The molecule has 1 aromatic carbocycles. The Morgan fingerprint density at radius 2 is 2.14 bits per heavy atom. The molecule has 0 bridgehead atoms. The molecule has 2 aromatic heterocycles. The van der Waals surface area contributed by atoms with Gasteiger partial charge in [0.1, 0.15) is 5.75 Å². The molecule has 1 saturated heterocycles. The minimum absolute atomic E-state index is 0.0165. The molecule has 0 saturated carbocycles. The lowest BCUT2D eigenvalue weighted by molar-refractivity contribution is -0.127. The fraction of sp³-hybridized carbons (Fsp3) is 0.381. The van der Waals surface area contributed by atoms with E-state index in [1.54, 1.807) is 7.11 Å². The minimum atomic E-state index is -0.0165. The quantitative estimate of drug-likeness (QED) is 0.577. The van der Waals surface area contributed by atoms with Crippen LogP contribution in [0.2, 0.25) is 0 Å². The van der Waals surface area contributed by atoms with Crippen molar-refractivity contribution in [1.29, 1.82) is 0 Å². The van der Waals surface area contributed by atoms with Crippen molar-refractivity contribution in [2.75, 3.05) is 26.7 Å². The number of nitrogens with one attached hydrogen (secondary N) is 1. The standard InChI is InChI=1S/C21H24N4O3S/c1-28-17-7-5-15(6-8-17)18-13-25-16(14-29-21(25)23-18)12-19(26)22-9-3-11-24-10-2-4-20(24)27/h5-8,13-14H,2-4,9-12H2,1H3,(H,22,26). The van der Waals surface area contributed by atoms with Crippen LogP contribution in [0.4, 0.5) is 0 Å². The van der Waals surface area contributed by atoms with E-state index in [1.807, 2.05) is 45.1 Å². The van der Waals surface area contributed by atoms with E-state index in [-0.39, 0.29) is 11.8 Å². The summed E-state index contributed by atoms with van der Waals surface area (Å²) < 4.78 is 7.18. The van der Waals surface area contributed by atoms with Crippen LogP contribution in [0.25, 0.3) is 16.2 Å². The van der Waals surface area contributed by atoms with Gasteiger partial charge in [0.2, 0.25) is 11.8 Å². The second-order valence-corrected chi connectivity index (χ2v) is 7.94. The molecule has 29 heavy (non-hydrogen) atoms. The molecule has 1 aliphatic rings. The number of rotatable bonds is 8. The molecule has 3 heterocycles. The lowest BCUT2D eigenvalue weighted by Crippen LogP contribution is -2.31. The van der Waals surface area contributed by atoms with Crippen molar-refractivity contribution < 1.29 is 14.3 Å². The van der Waals surface area contributed by atoms with Crippen LogP contribution >= 0.6 is 11.3 Å². The van der Waals surface area contributed by atoms with E-state index in [9.17, 15) is 9.59 Å². The molecule has 152 valence electrons. The van der Waals surface area contributed by atoms with Gasteiger partial charge in [-0.3, -0.25) is 14.0 Å². The molecule has 1 fully saturated rings. The Labute approximate surface area is 173 Å². The SMILES string of the molecule is COc1ccc(-c2cn3c(CC(=O)NCCCN4CCCC4=O)csc3n2)cc1. The number of hydrogen-bond acceptors (Lipinski definition) is 5. The van der Waals surface area contributed by atoms with E-state index in [0.29, 0.717) is 25.9 Å². The Kier molecular flexibility index (Phi) is 5.80. The molecule has 3 aromatic rings. The summed E-state index contributed by atoms with van der Waals surface area (Å²) in [6, 6.07) is 7.77. The van der Waals surface area contributed by atoms with E-state index >= 15 is 0 Å². The Balaban J connectivity index is 1.33. The Morgan fingerprint density at radius 3 is 2.86 bits per heavy atom. The number of aromatic nitrogens is 2. The number of hydrogen-bond donors (Lipinski definition) is 1. The highest BCUT2D eigenvalue weighted by Crippen LogP contribution is 2.25. The summed E-state index contributed by atoms with van der Waals surface area (Å²) in [6.07, 6.45) is 4.66. The molecular formula is C21H24N4O3S. The van der Waals surface area contributed by atoms with Crippen molar-refractivity contribution in [3.05, 3.63) is 41.5 Å². The number of carbonyl (C=O) groups is 2. The monoisotopic (exact) mass is 412 g/mol. The Morgan fingerprint density at radius 1 is 1.31 bits per heavy atom. The van der Waals surface area contributed by atoms with Crippen LogP contribution < -0.4 is 10.1 Å². The van der Waals surface area contributed by atoms with Crippen LogP contribution in [0.1, 0.15) is 25.0 Å². The second-order valence-electron chi connectivity index (χ2n) is 7.10. The van der Waals surface area contributed by atoms with Crippen molar-refractivity contribution in [2.24, 2.45) is 0 Å². The average Bonchev–Trinajstić information content (AvgIpc) is 3.43. The van der Waals surface area contributed by atoms with Crippen LogP contribution in [0.3, 0.4) is 0 Å². The largest absolute Gasteiger partial charge is 0.497 e. The van der Waals surface area contributed by atoms with E-state index in [0.717, 1.165) is 47.0 Å². The molecule has 0 spiro atoms. The van der Waals surface area contributed by atoms with Crippen molar-refractivity contribution in [1.82, 2.24) is 19.6 Å². The summed E-state index contributed by atoms with van der Waals surface area (Å²) in [5.74, 6) is 1.02. The predicted octanol–water partition coefficient (Wildman–Crippen LogP) is 2.74. The number of amides is 2. The number of carbonyl (C=O) groups excluding carboxylic acids is 2. The molecule has 0 radical (unpaired) electrons. The first-order valence-electron chi connectivity index (χ1n) is 9.78. The molecule has 1 N–H and O–H groups in total. The lowest BCUT2D eigenvalue weighted by Gasteiger charge is -2.15.